The van der Waals surface area contributed by atoms with Crippen molar-refractivity contribution in [2.45, 2.75) is 69.1 Å². The predicted molar refractivity (Wildman–Crippen MR) is 95.4 cm³/mol. The Labute approximate surface area is 154 Å². The molecule has 142 valence electrons. The maximum atomic E-state index is 13.5. The summed E-state index contributed by atoms with van der Waals surface area (Å²) >= 11 is 0. The second kappa shape index (κ2) is 6.68. The van der Waals surface area contributed by atoms with Gasteiger partial charge in [0, 0.05) is 32.4 Å². The van der Waals surface area contributed by atoms with Crippen LogP contribution in [0.3, 0.4) is 0 Å². The number of nitrogens with zero attached hydrogens (tertiary/aromatic N) is 4. The minimum atomic E-state index is -0.692. The van der Waals surface area contributed by atoms with E-state index < -0.39 is 5.54 Å². The Bertz CT molecular complexity index is 695. The van der Waals surface area contributed by atoms with Crippen LogP contribution in [0.2, 0.25) is 0 Å². The predicted octanol–water partition coefficient (Wildman–Crippen LogP) is 1.32. The molecule has 1 aromatic heterocycles. The van der Waals surface area contributed by atoms with E-state index in [4.69, 9.17) is 0 Å². The van der Waals surface area contributed by atoms with Gasteiger partial charge < -0.3 is 19.5 Å². The molecule has 4 rings (SSSR count). The van der Waals surface area contributed by atoms with Gasteiger partial charge in [0.2, 0.25) is 5.91 Å². The number of aliphatic hydroxyl groups excluding tert-OH is 1. The largest absolute Gasteiger partial charge is 0.393 e. The second-order valence-corrected chi connectivity index (χ2v) is 8.08. The summed E-state index contributed by atoms with van der Waals surface area (Å²) in [4.78, 5) is 34.6. The first-order valence-electron chi connectivity index (χ1n) is 9.80. The van der Waals surface area contributed by atoms with Gasteiger partial charge in [0.1, 0.15) is 11.2 Å². The minimum Gasteiger partial charge on any atom is -0.393 e. The van der Waals surface area contributed by atoms with Crippen LogP contribution in [0.4, 0.5) is 0 Å². The lowest BCUT2D eigenvalue weighted by Crippen LogP contribution is -2.63. The molecule has 1 saturated carbocycles. The molecule has 1 atom stereocenters. The van der Waals surface area contributed by atoms with E-state index in [1.54, 1.807) is 22.0 Å². The molecule has 1 spiro atoms. The van der Waals surface area contributed by atoms with Gasteiger partial charge in [-0.3, -0.25) is 9.59 Å². The maximum Gasteiger partial charge on any atom is 0.274 e. The molecule has 7 heteroatoms. The third kappa shape index (κ3) is 2.82. The molecule has 3 aliphatic rings. The molecule has 26 heavy (non-hydrogen) atoms. The first-order valence-corrected chi connectivity index (χ1v) is 9.80. The van der Waals surface area contributed by atoms with Crippen LogP contribution in [0.25, 0.3) is 0 Å². The first kappa shape index (κ1) is 17.5. The molecular weight excluding hydrogens is 332 g/mol. The normalized spacial score (nSPS) is 32.5. The van der Waals surface area contributed by atoms with Crippen molar-refractivity contribution in [3.8, 4) is 0 Å². The fourth-order valence-electron chi connectivity index (χ4n) is 5.05. The molecule has 2 amide bonds. The number of aryl methyl sites for hydroxylation is 1. The zero-order valence-corrected chi connectivity index (χ0v) is 15.4. The summed E-state index contributed by atoms with van der Waals surface area (Å²) in [7, 11) is 1.84. The summed E-state index contributed by atoms with van der Waals surface area (Å²) in [5.41, 5.74) is -0.275. The minimum absolute atomic E-state index is 0.118. The summed E-state index contributed by atoms with van der Waals surface area (Å²) in [5.74, 6) is -0.00992. The Morgan fingerprint density at radius 3 is 2.54 bits per heavy atom. The number of aliphatic hydroxyl groups is 1. The van der Waals surface area contributed by atoms with E-state index in [-0.39, 0.29) is 24.0 Å². The number of carbonyl (C=O) groups is 2. The topological polar surface area (TPSA) is 78.7 Å². The summed E-state index contributed by atoms with van der Waals surface area (Å²) in [6, 6.07) is 0.204. The van der Waals surface area contributed by atoms with Crippen molar-refractivity contribution >= 4 is 11.8 Å². The first-order chi connectivity index (χ1) is 12.5. The molecule has 1 aliphatic carbocycles. The van der Waals surface area contributed by atoms with E-state index in [2.05, 4.69) is 4.98 Å². The maximum absolute atomic E-state index is 13.5. The van der Waals surface area contributed by atoms with Crippen molar-refractivity contribution in [2.24, 2.45) is 7.05 Å². The highest BCUT2D eigenvalue weighted by molar-refractivity contribution is 5.98. The number of carbonyl (C=O) groups excluding carboxylic acids is 2. The third-order valence-corrected chi connectivity index (χ3v) is 6.41. The lowest BCUT2D eigenvalue weighted by Gasteiger charge is -2.48. The summed E-state index contributed by atoms with van der Waals surface area (Å²) in [5, 5.41) is 9.77. The molecule has 2 saturated heterocycles. The van der Waals surface area contributed by atoms with Crippen molar-refractivity contribution in [3.05, 3.63) is 18.2 Å². The number of aromatic nitrogens is 2. The summed E-state index contributed by atoms with van der Waals surface area (Å²) in [6.45, 7) is 1.39. The fourth-order valence-corrected chi connectivity index (χ4v) is 5.05. The van der Waals surface area contributed by atoms with Crippen LogP contribution in [0.5, 0.6) is 0 Å². The molecule has 3 heterocycles. The average molecular weight is 360 g/mol. The average Bonchev–Trinajstić information content (AvgIpc) is 3.25. The SMILES string of the molecule is Cn1cnc(C(=O)N2CCCC23CCCN(C2CCC(O)CC2)C3=O)c1. The molecule has 2 aliphatic heterocycles. The monoisotopic (exact) mass is 360 g/mol. The smallest absolute Gasteiger partial charge is 0.274 e. The molecule has 1 N–H and O–H groups in total. The Morgan fingerprint density at radius 2 is 1.88 bits per heavy atom. The third-order valence-electron chi connectivity index (χ3n) is 6.41. The van der Waals surface area contributed by atoms with E-state index in [0.29, 0.717) is 12.2 Å². The van der Waals surface area contributed by atoms with Gasteiger partial charge in [-0.05, 0) is 51.4 Å². The molecular formula is C19H28N4O3. The van der Waals surface area contributed by atoms with Crippen molar-refractivity contribution in [1.29, 1.82) is 0 Å². The van der Waals surface area contributed by atoms with Crippen LogP contribution in [0, 0.1) is 0 Å². The van der Waals surface area contributed by atoms with E-state index >= 15 is 0 Å². The van der Waals surface area contributed by atoms with E-state index in [1.807, 2.05) is 11.9 Å². The van der Waals surface area contributed by atoms with Crippen molar-refractivity contribution in [2.75, 3.05) is 13.1 Å². The highest BCUT2D eigenvalue weighted by atomic mass is 16.3. The fraction of sp³-hybridized carbons (Fsp3) is 0.737. The highest BCUT2D eigenvalue weighted by Crippen LogP contribution is 2.40. The number of piperidine rings is 1. The van der Waals surface area contributed by atoms with Gasteiger partial charge in [0.25, 0.3) is 5.91 Å². The van der Waals surface area contributed by atoms with Gasteiger partial charge in [-0.1, -0.05) is 0 Å². The molecule has 0 radical (unpaired) electrons. The Balaban J connectivity index is 1.57. The van der Waals surface area contributed by atoms with Crippen LogP contribution in [0.1, 0.15) is 61.9 Å². The number of amides is 2. The number of likely N-dealkylation sites (tertiary alicyclic amines) is 2. The van der Waals surface area contributed by atoms with Crippen molar-refractivity contribution in [3.63, 3.8) is 0 Å². The zero-order valence-electron chi connectivity index (χ0n) is 15.4. The summed E-state index contributed by atoms with van der Waals surface area (Å²) < 4.78 is 1.76. The van der Waals surface area contributed by atoms with E-state index in [9.17, 15) is 14.7 Å². The van der Waals surface area contributed by atoms with Gasteiger partial charge in [-0.15, -0.1) is 0 Å². The highest BCUT2D eigenvalue weighted by Gasteiger charge is 2.54. The van der Waals surface area contributed by atoms with Crippen LogP contribution in [-0.4, -0.2) is 67.0 Å². The van der Waals surface area contributed by atoms with Crippen molar-refractivity contribution in [1.82, 2.24) is 19.4 Å². The molecule has 0 aromatic carbocycles. The van der Waals surface area contributed by atoms with Gasteiger partial charge in [-0.2, -0.15) is 0 Å². The molecule has 7 nitrogen and oxygen atoms in total. The van der Waals surface area contributed by atoms with Gasteiger partial charge in [0.05, 0.1) is 12.4 Å². The lowest BCUT2D eigenvalue weighted by molar-refractivity contribution is -0.149. The Hall–Kier alpha value is -1.89. The van der Waals surface area contributed by atoms with Gasteiger partial charge in [0.15, 0.2) is 0 Å². The van der Waals surface area contributed by atoms with Crippen LogP contribution >= 0.6 is 0 Å². The summed E-state index contributed by atoms with van der Waals surface area (Å²) in [6.07, 6.45) is 9.64. The van der Waals surface area contributed by atoms with Crippen LogP contribution in [0.15, 0.2) is 12.5 Å². The van der Waals surface area contributed by atoms with E-state index in [0.717, 1.165) is 57.9 Å². The Morgan fingerprint density at radius 1 is 1.19 bits per heavy atom. The molecule has 1 unspecified atom stereocenters. The van der Waals surface area contributed by atoms with Crippen molar-refractivity contribution < 1.29 is 14.7 Å². The van der Waals surface area contributed by atoms with Crippen LogP contribution in [-0.2, 0) is 11.8 Å². The van der Waals surface area contributed by atoms with E-state index in [1.165, 1.54) is 0 Å². The number of hydrogen-bond donors (Lipinski definition) is 1. The van der Waals surface area contributed by atoms with Gasteiger partial charge >= 0.3 is 0 Å². The number of hydrogen-bond acceptors (Lipinski definition) is 4. The second-order valence-electron chi connectivity index (χ2n) is 8.08. The van der Waals surface area contributed by atoms with Crippen LogP contribution < -0.4 is 0 Å². The lowest BCUT2D eigenvalue weighted by atomic mass is 9.82. The standard InChI is InChI=1S/C19H28N4O3/c1-21-12-16(20-13-21)17(25)23-11-3-9-19(23)8-2-10-22(18(19)26)14-4-6-15(24)7-5-14/h12-15,24H,2-11H2,1H3. The Kier molecular flexibility index (Phi) is 4.50. The number of rotatable bonds is 2. The quantitative estimate of drug-likeness (QED) is 0.863. The molecule has 0 bridgehead atoms. The molecule has 3 fully saturated rings. The molecule has 1 aromatic rings. The zero-order chi connectivity index (χ0) is 18.3. The van der Waals surface area contributed by atoms with Gasteiger partial charge in [-0.25, -0.2) is 4.98 Å². The number of imidazole rings is 1.